The minimum atomic E-state index is 0.154. The van der Waals surface area contributed by atoms with Crippen LogP contribution in [0.1, 0.15) is 18.0 Å². The van der Waals surface area contributed by atoms with Gasteiger partial charge in [-0.25, -0.2) is 0 Å². The normalized spacial score (nSPS) is 22.3. The van der Waals surface area contributed by atoms with Crippen molar-refractivity contribution in [1.29, 1.82) is 0 Å². The first-order valence-electron chi connectivity index (χ1n) is 6.07. The highest BCUT2D eigenvalue weighted by atomic mass is 35.5. The molecule has 18 heavy (non-hydrogen) atoms. The predicted molar refractivity (Wildman–Crippen MR) is 75.2 cm³/mol. The van der Waals surface area contributed by atoms with E-state index in [0.717, 1.165) is 25.1 Å². The Balaban J connectivity index is 2.18. The summed E-state index contributed by atoms with van der Waals surface area (Å²) in [5, 5.41) is 1.30. The van der Waals surface area contributed by atoms with Crippen LogP contribution in [0, 0.1) is 0 Å². The fourth-order valence-corrected chi connectivity index (χ4v) is 3.04. The van der Waals surface area contributed by atoms with Crippen molar-refractivity contribution < 1.29 is 4.74 Å². The summed E-state index contributed by atoms with van der Waals surface area (Å²) in [6.45, 7) is 2.44. The Bertz CT molecular complexity index is 394. The molecule has 0 aromatic heterocycles. The molecule has 3 nitrogen and oxygen atoms in total. The van der Waals surface area contributed by atoms with E-state index in [1.54, 1.807) is 13.2 Å². The van der Waals surface area contributed by atoms with Gasteiger partial charge in [0.25, 0.3) is 0 Å². The predicted octanol–water partition coefficient (Wildman–Crippen LogP) is 2.71. The third-order valence-corrected chi connectivity index (χ3v) is 3.88. The van der Waals surface area contributed by atoms with Crippen molar-refractivity contribution in [2.75, 3.05) is 26.7 Å². The molecule has 2 rings (SSSR count). The van der Waals surface area contributed by atoms with Gasteiger partial charge in [-0.05, 0) is 30.2 Å². The topological polar surface area (TPSA) is 38.5 Å². The maximum absolute atomic E-state index is 6.05. The van der Waals surface area contributed by atoms with Gasteiger partial charge >= 0.3 is 0 Å². The third-order valence-electron chi connectivity index (χ3n) is 3.44. The number of likely N-dealkylation sites (tertiary alicyclic amines) is 1. The smallest absolute Gasteiger partial charge is 0.0710 e. The van der Waals surface area contributed by atoms with E-state index in [1.165, 1.54) is 0 Å². The van der Waals surface area contributed by atoms with Crippen molar-refractivity contribution in [3.8, 4) is 0 Å². The maximum Gasteiger partial charge on any atom is 0.0710 e. The van der Waals surface area contributed by atoms with Crippen LogP contribution in [0.2, 0.25) is 10.0 Å². The Morgan fingerprint density at radius 1 is 1.39 bits per heavy atom. The van der Waals surface area contributed by atoms with Gasteiger partial charge in [0.05, 0.1) is 6.10 Å². The maximum atomic E-state index is 6.05. The van der Waals surface area contributed by atoms with Crippen molar-refractivity contribution in [2.24, 2.45) is 5.73 Å². The highest BCUT2D eigenvalue weighted by molar-refractivity contribution is 6.34. The van der Waals surface area contributed by atoms with Crippen molar-refractivity contribution in [2.45, 2.75) is 18.6 Å². The molecule has 2 atom stereocenters. The number of ether oxygens (including phenoxy) is 1. The van der Waals surface area contributed by atoms with Gasteiger partial charge in [-0.15, -0.1) is 0 Å². The largest absolute Gasteiger partial charge is 0.380 e. The molecular weight excluding hydrogens is 271 g/mol. The van der Waals surface area contributed by atoms with Gasteiger partial charge in [-0.3, -0.25) is 4.90 Å². The zero-order chi connectivity index (χ0) is 13.1. The fraction of sp³-hybridized carbons (Fsp3) is 0.538. The Morgan fingerprint density at radius 3 is 2.56 bits per heavy atom. The lowest BCUT2D eigenvalue weighted by Crippen LogP contribution is -2.33. The van der Waals surface area contributed by atoms with E-state index in [2.05, 4.69) is 4.90 Å². The molecule has 1 heterocycles. The molecule has 5 heteroatoms. The van der Waals surface area contributed by atoms with Gasteiger partial charge in [-0.1, -0.05) is 23.2 Å². The second kappa shape index (κ2) is 6.22. The second-order valence-electron chi connectivity index (χ2n) is 4.60. The van der Waals surface area contributed by atoms with Gasteiger partial charge in [0.15, 0.2) is 0 Å². The Morgan fingerprint density at radius 2 is 2.06 bits per heavy atom. The van der Waals surface area contributed by atoms with E-state index < -0.39 is 0 Å². The molecule has 2 N–H and O–H groups in total. The lowest BCUT2D eigenvalue weighted by molar-refractivity contribution is 0.101. The van der Waals surface area contributed by atoms with Crippen LogP contribution in [-0.2, 0) is 4.74 Å². The Hall–Kier alpha value is -0.320. The number of hydrogen-bond donors (Lipinski definition) is 1. The molecular formula is C13H18Cl2N2O. The van der Waals surface area contributed by atoms with Crippen LogP contribution >= 0.6 is 23.2 Å². The van der Waals surface area contributed by atoms with Gasteiger partial charge in [0.1, 0.15) is 0 Å². The average Bonchev–Trinajstić information content (AvgIpc) is 2.77. The molecule has 1 aliphatic heterocycles. The quantitative estimate of drug-likeness (QED) is 0.926. The number of nitrogens with two attached hydrogens (primary N) is 1. The van der Waals surface area contributed by atoms with Crippen molar-refractivity contribution in [1.82, 2.24) is 4.90 Å². The molecule has 1 fully saturated rings. The van der Waals surface area contributed by atoms with Crippen LogP contribution in [0.5, 0.6) is 0 Å². The number of hydrogen-bond acceptors (Lipinski definition) is 3. The van der Waals surface area contributed by atoms with Gasteiger partial charge < -0.3 is 10.5 Å². The standard InChI is InChI=1S/C13H18Cl2N2O/c1-18-12-2-3-17(8-12)13(7-16)9-4-10(14)6-11(15)5-9/h4-6,12-13H,2-3,7-8,16H2,1H3. The van der Waals surface area contributed by atoms with E-state index in [-0.39, 0.29) is 6.04 Å². The molecule has 0 radical (unpaired) electrons. The Labute approximate surface area is 118 Å². The fourth-order valence-electron chi connectivity index (χ4n) is 2.49. The van der Waals surface area contributed by atoms with E-state index in [4.69, 9.17) is 33.7 Å². The molecule has 2 unspecified atom stereocenters. The zero-order valence-corrected chi connectivity index (χ0v) is 11.9. The molecule has 0 saturated carbocycles. The molecule has 0 aliphatic carbocycles. The van der Waals surface area contributed by atoms with Crippen LogP contribution < -0.4 is 5.73 Å². The van der Waals surface area contributed by atoms with E-state index in [9.17, 15) is 0 Å². The molecule has 1 aromatic rings. The second-order valence-corrected chi connectivity index (χ2v) is 5.47. The van der Waals surface area contributed by atoms with Gasteiger partial charge in [0, 0.05) is 42.8 Å². The van der Waals surface area contributed by atoms with Crippen LogP contribution in [0.25, 0.3) is 0 Å². The third kappa shape index (κ3) is 3.16. The highest BCUT2D eigenvalue weighted by Gasteiger charge is 2.28. The SMILES string of the molecule is COC1CCN(C(CN)c2cc(Cl)cc(Cl)c2)C1. The van der Waals surface area contributed by atoms with E-state index in [1.807, 2.05) is 12.1 Å². The summed E-state index contributed by atoms with van der Waals surface area (Å²) < 4.78 is 5.38. The number of nitrogens with zero attached hydrogens (tertiary/aromatic N) is 1. The van der Waals surface area contributed by atoms with Crippen molar-refractivity contribution in [3.05, 3.63) is 33.8 Å². The lowest BCUT2D eigenvalue weighted by atomic mass is 10.1. The zero-order valence-electron chi connectivity index (χ0n) is 10.4. The number of rotatable bonds is 4. The summed E-state index contributed by atoms with van der Waals surface area (Å²) in [7, 11) is 1.75. The summed E-state index contributed by atoms with van der Waals surface area (Å²) in [4.78, 5) is 2.33. The summed E-state index contributed by atoms with van der Waals surface area (Å²) in [6.07, 6.45) is 1.34. The van der Waals surface area contributed by atoms with Gasteiger partial charge in [-0.2, -0.15) is 0 Å². The lowest BCUT2D eigenvalue weighted by Gasteiger charge is -2.27. The first-order valence-corrected chi connectivity index (χ1v) is 6.82. The van der Waals surface area contributed by atoms with Crippen molar-refractivity contribution in [3.63, 3.8) is 0 Å². The molecule has 0 spiro atoms. The van der Waals surface area contributed by atoms with E-state index in [0.29, 0.717) is 22.7 Å². The first kappa shape index (κ1) is 14.1. The molecule has 1 aromatic carbocycles. The molecule has 0 amide bonds. The average molecular weight is 289 g/mol. The number of halogens is 2. The van der Waals surface area contributed by atoms with Crippen LogP contribution in [-0.4, -0.2) is 37.7 Å². The summed E-state index contributed by atoms with van der Waals surface area (Å²) in [5.74, 6) is 0. The first-order chi connectivity index (χ1) is 8.63. The number of methoxy groups -OCH3 is 1. The van der Waals surface area contributed by atoms with E-state index >= 15 is 0 Å². The molecule has 1 saturated heterocycles. The summed E-state index contributed by atoms with van der Waals surface area (Å²) >= 11 is 12.1. The van der Waals surface area contributed by atoms with Crippen LogP contribution in [0.3, 0.4) is 0 Å². The number of benzene rings is 1. The minimum absolute atomic E-state index is 0.154. The molecule has 1 aliphatic rings. The van der Waals surface area contributed by atoms with Crippen LogP contribution in [0.4, 0.5) is 0 Å². The molecule has 0 bridgehead atoms. The summed E-state index contributed by atoms with van der Waals surface area (Å²) in [6, 6.07) is 5.76. The minimum Gasteiger partial charge on any atom is -0.380 e. The summed E-state index contributed by atoms with van der Waals surface area (Å²) in [5.41, 5.74) is 6.98. The highest BCUT2D eigenvalue weighted by Crippen LogP contribution is 2.29. The molecule has 100 valence electrons. The monoisotopic (exact) mass is 288 g/mol. The van der Waals surface area contributed by atoms with Crippen LogP contribution in [0.15, 0.2) is 18.2 Å². The van der Waals surface area contributed by atoms with Crippen molar-refractivity contribution >= 4 is 23.2 Å². The van der Waals surface area contributed by atoms with Gasteiger partial charge in [0.2, 0.25) is 0 Å². The Kier molecular flexibility index (Phi) is 4.87.